The highest BCUT2D eigenvalue weighted by molar-refractivity contribution is 5.86. The van der Waals surface area contributed by atoms with Gasteiger partial charge in [0.05, 0.1) is 6.61 Å². The molecule has 0 atom stereocenters. The van der Waals surface area contributed by atoms with Gasteiger partial charge in [-0.05, 0) is 6.08 Å². The van der Waals surface area contributed by atoms with E-state index in [0.29, 0.717) is 13.2 Å². The van der Waals surface area contributed by atoms with Crippen molar-refractivity contribution in [3.05, 3.63) is 12.7 Å². The lowest BCUT2D eigenvalue weighted by atomic mass is 9.95. The Hall–Kier alpha value is -1.32. The first-order valence-electron chi connectivity index (χ1n) is 4.41. The Morgan fingerprint density at radius 2 is 2.07 bits per heavy atom. The van der Waals surface area contributed by atoms with Crippen LogP contribution in [0, 0.1) is 5.41 Å². The van der Waals surface area contributed by atoms with Gasteiger partial charge in [-0.1, -0.05) is 20.4 Å². The largest absolute Gasteiger partial charge is 0.465 e. The summed E-state index contributed by atoms with van der Waals surface area (Å²) in [5.41, 5.74) is -0.260. The summed E-state index contributed by atoms with van der Waals surface area (Å²) in [5.74, 6) is -0.533. The molecule has 14 heavy (non-hydrogen) atoms. The second-order valence-electron chi connectivity index (χ2n) is 3.87. The summed E-state index contributed by atoms with van der Waals surface area (Å²) in [6, 6.07) is 0. The fourth-order valence-corrected chi connectivity index (χ4v) is 0.747. The van der Waals surface area contributed by atoms with Gasteiger partial charge in [-0.3, -0.25) is 9.59 Å². The summed E-state index contributed by atoms with van der Waals surface area (Å²) in [6.45, 7) is 9.24. The van der Waals surface area contributed by atoms with Gasteiger partial charge >= 0.3 is 5.97 Å². The fraction of sp³-hybridized carbons (Fsp3) is 0.600. The van der Waals surface area contributed by atoms with Gasteiger partial charge in [0.25, 0.3) is 0 Å². The van der Waals surface area contributed by atoms with Crippen LogP contribution in [0.3, 0.4) is 0 Å². The van der Waals surface area contributed by atoms with Crippen molar-refractivity contribution in [3.63, 3.8) is 0 Å². The van der Waals surface area contributed by atoms with Crippen LogP contribution in [0.5, 0.6) is 0 Å². The molecule has 0 aromatic carbocycles. The standard InChI is InChI=1S/C10H17NO3/c1-5-9(13)11-6-10(3,4)7-14-8(2)12/h5H,1,6-7H2,2-4H3,(H,11,13). The van der Waals surface area contributed by atoms with Crippen LogP contribution in [0.1, 0.15) is 20.8 Å². The van der Waals surface area contributed by atoms with Crippen molar-refractivity contribution >= 4 is 11.9 Å². The van der Waals surface area contributed by atoms with E-state index in [2.05, 4.69) is 11.9 Å². The molecule has 80 valence electrons. The summed E-state index contributed by atoms with van der Waals surface area (Å²) in [5, 5.41) is 2.65. The zero-order chi connectivity index (χ0) is 11.2. The molecular formula is C10H17NO3. The number of carbonyl (C=O) groups is 2. The molecule has 0 aromatic rings. The second-order valence-corrected chi connectivity index (χ2v) is 3.87. The lowest BCUT2D eigenvalue weighted by Gasteiger charge is -2.23. The molecule has 0 aromatic heterocycles. The van der Waals surface area contributed by atoms with Crippen molar-refractivity contribution in [1.29, 1.82) is 0 Å². The highest BCUT2D eigenvalue weighted by Crippen LogP contribution is 2.13. The first-order valence-corrected chi connectivity index (χ1v) is 4.41. The Labute approximate surface area is 84.3 Å². The Bertz CT molecular complexity index is 234. The summed E-state index contributed by atoms with van der Waals surface area (Å²) in [7, 11) is 0. The van der Waals surface area contributed by atoms with E-state index in [1.165, 1.54) is 13.0 Å². The van der Waals surface area contributed by atoms with Gasteiger partial charge < -0.3 is 10.1 Å². The molecule has 0 spiro atoms. The van der Waals surface area contributed by atoms with Crippen LogP contribution >= 0.6 is 0 Å². The predicted octanol–water partition coefficient (Wildman–Crippen LogP) is 0.878. The summed E-state index contributed by atoms with van der Waals surface area (Å²) >= 11 is 0. The normalized spacial score (nSPS) is 10.5. The van der Waals surface area contributed by atoms with Crippen molar-refractivity contribution < 1.29 is 14.3 Å². The lowest BCUT2D eigenvalue weighted by molar-refractivity contribution is -0.143. The third kappa shape index (κ3) is 6.22. The van der Waals surface area contributed by atoms with Gasteiger partial charge in [0.1, 0.15) is 0 Å². The van der Waals surface area contributed by atoms with Crippen LogP contribution in [0.4, 0.5) is 0 Å². The molecule has 0 saturated carbocycles. The molecule has 0 bridgehead atoms. The first-order chi connectivity index (χ1) is 6.37. The van der Waals surface area contributed by atoms with E-state index >= 15 is 0 Å². The zero-order valence-electron chi connectivity index (χ0n) is 8.92. The predicted molar refractivity (Wildman–Crippen MR) is 53.6 cm³/mol. The topological polar surface area (TPSA) is 55.4 Å². The van der Waals surface area contributed by atoms with Crippen molar-refractivity contribution in [2.45, 2.75) is 20.8 Å². The number of ether oxygens (including phenoxy) is 1. The number of hydrogen-bond acceptors (Lipinski definition) is 3. The number of nitrogens with one attached hydrogen (secondary N) is 1. The number of rotatable bonds is 5. The molecular weight excluding hydrogens is 182 g/mol. The molecule has 4 heteroatoms. The van der Waals surface area contributed by atoms with E-state index in [9.17, 15) is 9.59 Å². The minimum absolute atomic E-state index is 0.221. The van der Waals surface area contributed by atoms with E-state index in [-0.39, 0.29) is 17.3 Å². The highest BCUT2D eigenvalue weighted by atomic mass is 16.5. The summed E-state index contributed by atoms with van der Waals surface area (Å²) in [6.07, 6.45) is 1.21. The average molecular weight is 199 g/mol. The minimum atomic E-state index is -0.312. The maximum atomic E-state index is 10.9. The van der Waals surface area contributed by atoms with Crippen LogP contribution in [0.25, 0.3) is 0 Å². The van der Waals surface area contributed by atoms with E-state index in [1.54, 1.807) is 0 Å². The summed E-state index contributed by atoms with van der Waals surface area (Å²) < 4.78 is 4.86. The van der Waals surface area contributed by atoms with E-state index in [0.717, 1.165) is 0 Å². The maximum absolute atomic E-state index is 10.9. The van der Waals surface area contributed by atoms with E-state index < -0.39 is 0 Å². The van der Waals surface area contributed by atoms with Gasteiger partial charge in [-0.2, -0.15) is 0 Å². The molecule has 1 N–H and O–H groups in total. The SMILES string of the molecule is C=CC(=O)NCC(C)(C)COC(C)=O. The van der Waals surface area contributed by atoms with Crippen molar-refractivity contribution in [3.8, 4) is 0 Å². The Kier molecular flexibility index (Phi) is 4.91. The number of carbonyl (C=O) groups excluding carboxylic acids is 2. The van der Waals surface area contributed by atoms with Crippen molar-refractivity contribution in [1.82, 2.24) is 5.32 Å². The Morgan fingerprint density at radius 3 is 2.50 bits per heavy atom. The Balaban J connectivity index is 3.88. The molecule has 0 unspecified atom stereocenters. The van der Waals surface area contributed by atoms with E-state index in [4.69, 9.17) is 4.74 Å². The van der Waals surface area contributed by atoms with Crippen LogP contribution in [0.15, 0.2) is 12.7 Å². The molecule has 0 aliphatic rings. The van der Waals surface area contributed by atoms with E-state index in [1.807, 2.05) is 13.8 Å². The first kappa shape index (κ1) is 12.7. The van der Waals surface area contributed by atoms with Gasteiger partial charge in [0.15, 0.2) is 0 Å². The highest BCUT2D eigenvalue weighted by Gasteiger charge is 2.19. The van der Waals surface area contributed by atoms with Gasteiger partial charge in [0, 0.05) is 18.9 Å². The van der Waals surface area contributed by atoms with Gasteiger partial charge in [0.2, 0.25) is 5.91 Å². The molecule has 0 aliphatic heterocycles. The van der Waals surface area contributed by atoms with Gasteiger partial charge in [-0.15, -0.1) is 0 Å². The monoisotopic (exact) mass is 199 g/mol. The average Bonchev–Trinajstić information content (AvgIpc) is 2.11. The third-order valence-electron chi connectivity index (χ3n) is 1.59. The van der Waals surface area contributed by atoms with Crippen molar-refractivity contribution in [2.24, 2.45) is 5.41 Å². The smallest absolute Gasteiger partial charge is 0.302 e. The lowest BCUT2D eigenvalue weighted by Crippen LogP contribution is -2.36. The number of amides is 1. The Morgan fingerprint density at radius 1 is 1.50 bits per heavy atom. The van der Waals surface area contributed by atoms with Crippen molar-refractivity contribution in [2.75, 3.05) is 13.2 Å². The molecule has 0 fully saturated rings. The fourth-order valence-electron chi connectivity index (χ4n) is 0.747. The number of hydrogen-bond donors (Lipinski definition) is 1. The molecule has 0 heterocycles. The second kappa shape index (κ2) is 5.42. The molecule has 0 aliphatic carbocycles. The van der Waals surface area contributed by atoms with Gasteiger partial charge in [-0.25, -0.2) is 0 Å². The van der Waals surface area contributed by atoms with Crippen LogP contribution < -0.4 is 5.32 Å². The molecule has 0 saturated heterocycles. The third-order valence-corrected chi connectivity index (χ3v) is 1.59. The minimum Gasteiger partial charge on any atom is -0.465 e. The molecule has 0 radical (unpaired) electrons. The summed E-state index contributed by atoms with van der Waals surface area (Å²) in [4.78, 5) is 21.4. The van der Waals surface area contributed by atoms with Crippen LogP contribution in [-0.2, 0) is 14.3 Å². The quantitative estimate of drug-likeness (QED) is 0.528. The molecule has 1 amide bonds. The molecule has 4 nitrogen and oxygen atoms in total. The van der Waals surface area contributed by atoms with Crippen LogP contribution in [-0.4, -0.2) is 25.0 Å². The van der Waals surface area contributed by atoms with Crippen LogP contribution in [0.2, 0.25) is 0 Å². The number of esters is 1. The molecule has 0 rings (SSSR count). The maximum Gasteiger partial charge on any atom is 0.302 e. The zero-order valence-corrected chi connectivity index (χ0v) is 8.92.